The van der Waals surface area contributed by atoms with Crippen LogP contribution in [0.15, 0.2) is 18.5 Å². The molecule has 2 aliphatic rings. The first-order valence-corrected chi connectivity index (χ1v) is 9.83. The third kappa shape index (κ3) is 3.59. The molecule has 150 valence electrons. The van der Waals surface area contributed by atoms with E-state index in [0.29, 0.717) is 31.0 Å². The molecule has 2 amide bonds. The monoisotopic (exact) mass is 386 g/mol. The SMILES string of the molecule is CNC(=O)c1cnn2c(C3CCCCN3C(=O)CN3CCOCC3)ccnc12. The van der Waals surface area contributed by atoms with Crippen molar-refractivity contribution in [2.45, 2.75) is 25.3 Å². The van der Waals surface area contributed by atoms with E-state index in [9.17, 15) is 9.59 Å². The van der Waals surface area contributed by atoms with Crippen LogP contribution in [0.1, 0.15) is 41.4 Å². The van der Waals surface area contributed by atoms with Crippen molar-refractivity contribution in [1.29, 1.82) is 0 Å². The van der Waals surface area contributed by atoms with Gasteiger partial charge in [-0.3, -0.25) is 14.5 Å². The van der Waals surface area contributed by atoms with Crippen molar-refractivity contribution in [3.05, 3.63) is 29.7 Å². The zero-order valence-electron chi connectivity index (χ0n) is 16.1. The third-order valence-electron chi connectivity index (χ3n) is 5.53. The van der Waals surface area contributed by atoms with Crippen molar-refractivity contribution >= 4 is 17.5 Å². The molecule has 1 atom stereocenters. The van der Waals surface area contributed by atoms with Gasteiger partial charge in [-0.1, -0.05) is 0 Å². The third-order valence-corrected chi connectivity index (χ3v) is 5.53. The van der Waals surface area contributed by atoms with Gasteiger partial charge in [0.25, 0.3) is 5.91 Å². The summed E-state index contributed by atoms with van der Waals surface area (Å²) in [7, 11) is 1.59. The number of nitrogens with zero attached hydrogens (tertiary/aromatic N) is 5. The molecule has 1 N–H and O–H groups in total. The highest BCUT2D eigenvalue weighted by molar-refractivity contribution is 5.99. The van der Waals surface area contributed by atoms with Crippen LogP contribution < -0.4 is 5.32 Å². The molecule has 9 heteroatoms. The summed E-state index contributed by atoms with van der Waals surface area (Å²) in [4.78, 5) is 33.6. The Labute approximate surface area is 163 Å². The van der Waals surface area contributed by atoms with Crippen molar-refractivity contribution in [2.75, 3.05) is 46.4 Å². The summed E-state index contributed by atoms with van der Waals surface area (Å²) in [6, 6.07) is 1.84. The molecule has 4 heterocycles. The predicted molar refractivity (Wildman–Crippen MR) is 102 cm³/mol. The van der Waals surface area contributed by atoms with Crippen molar-refractivity contribution in [3.8, 4) is 0 Å². The molecule has 0 saturated carbocycles. The minimum Gasteiger partial charge on any atom is -0.379 e. The summed E-state index contributed by atoms with van der Waals surface area (Å²) in [6.07, 6.45) is 6.16. The number of hydrogen-bond donors (Lipinski definition) is 1. The Bertz CT molecular complexity index is 860. The number of amides is 2. The molecular weight excluding hydrogens is 360 g/mol. The van der Waals surface area contributed by atoms with Gasteiger partial charge in [0.2, 0.25) is 5.91 Å². The van der Waals surface area contributed by atoms with Crippen LogP contribution in [0.5, 0.6) is 0 Å². The molecule has 0 radical (unpaired) electrons. The second-order valence-corrected chi connectivity index (χ2v) is 7.23. The van der Waals surface area contributed by atoms with E-state index in [0.717, 1.165) is 44.6 Å². The van der Waals surface area contributed by atoms with E-state index in [1.54, 1.807) is 17.8 Å². The zero-order valence-corrected chi connectivity index (χ0v) is 16.1. The summed E-state index contributed by atoms with van der Waals surface area (Å²) in [5, 5.41) is 7.02. The Morgan fingerprint density at radius 2 is 2.07 bits per heavy atom. The molecule has 1 unspecified atom stereocenters. The van der Waals surface area contributed by atoms with Gasteiger partial charge in [-0.05, 0) is 25.3 Å². The lowest BCUT2D eigenvalue weighted by Crippen LogP contribution is -2.47. The van der Waals surface area contributed by atoms with Crippen LogP contribution in [-0.4, -0.2) is 82.7 Å². The van der Waals surface area contributed by atoms with Gasteiger partial charge in [-0.2, -0.15) is 5.10 Å². The maximum atomic E-state index is 13.1. The first-order valence-electron chi connectivity index (χ1n) is 9.83. The van der Waals surface area contributed by atoms with Crippen LogP contribution in [0, 0.1) is 0 Å². The number of nitrogens with one attached hydrogen (secondary N) is 1. The number of piperidine rings is 1. The maximum Gasteiger partial charge on any atom is 0.256 e. The highest BCUT2D eigenvalue weighted by Gasteiger charge is 2.31. The van der Waals surface area contributed by atoms with E-state index >= 15 is 0 Å². The maximum absolute atomic E-state index is 13.1. The first kappa shape index (κ1) is 18.8. The van der Waals surface area contributed by atoms with Crippen LogP contribution in [0.4, 0.5) is 0 Å². The first-order chi connectivity index (χ1) is 13.7. The average Bonchev–Trinajstić information content (AvgIpc) is 3.18. The number of ether oxygens (including phenoxy) is 1. The Kier molecular flexibility index (Phi) is 5.54. The van der Waals surface area contributed by atoms with Gasteiger partial charge in [0.15, 0.2) is 5.65 Å². The number of aromatic nitrogens is 3. The predicted octanol–water partition coefficient (Wildman–Crippen LogP) is 0.475. The van der Waals surface area contributed by atoms with E-state index in [1.807, 2.05) is 11.0 Å². The molecule has 0 spiro atoms. The second kappa shape index (κ2) is 8.24. The molecule has 9 nitrogen and oxygen atoms in total. The topological polar surface area (TPSA) is 92.1 Å². The van der Waals surface area contributed by atoms with E-state index in [-0.39, 0.29) is 17.9 Å². The van der Waals surface area contributed by atoms with Gasteiger partial charge in [0.1, 0.15) is 5.56 Å². The molecule has 2 aromatic rings. The smallest absolute Gasteiger partial charge is 0.256 e. The summed E-state index contributed by atoms with van der Waals surface area (Å²) in [6.45, 7) is 4.09. The lowest BCUT2D eigenvalue weighted by atomic mass is 9.98. The molecule has 0 bridgehead atoms. The van der Waals surface area contributed by atoms with Crippen LogP contribution in [0.3, 0.4) is 0 Å². The Morgan fingerprint density at radius 3 is 2.86 bits per heavy atom. The van der Waals surface area contributed by atoms with Gasteiger partial charge >= 0.3 is 0 Å². The lowest BCUT2D eigenvalue weighted by molar-refractivity contribution is -0.137. The van der Waals surface area contributed by atoms with Crippen molar-refractivity contribution < 1.29 is 14.3 Å². The number of likely N-dealkylation sites (tertiary alicyclic amines) is 1. The summed E-state index contributed by atoms with van der Waals surface area (Å²) in [5.74, 6) is -0.0845. The Balaban J connectivity index is 1.61. The summed E-state index contributed by atoms with van der Waals surface area (Å²) >= 11 is 0. The highest BCUT2D eigenvalue weighted by atomic mass is 16.5. The van der Waals surface area contributed by atoms with Gasteiger partial charge in [-0.25, -0.2) is 9.50 Å². The van der Waals surface area contributed by atoms with Crippen LogP contribution >= 0.6 is 0 Å². The second-order valence-electron chi connectivity index (χ2n) is 7.23. The van der Waals surface area contributed by atoms with Crippen LogP contribution in [0.25, 0.3) is 5.65 Å². The van der Waals surface area contributed by atoms with Gasteiger partial charge in [-0.15, -0.1) is 0 Å². The van der Waals surface area contributed by atoms with Crippen LogP contribution in [-0.2, 0) is 9.53 Å². The number of hydrogen-bond acceptors (Lipinski definition) is 6. The van der Waals surface area contributed by atoms with E-state index in [1.165, 1.54) is 6.20 Å². The van der Waals surface area contributed by atoms with Crippen molar-refractivity contribution in [3.63, 3.8) is 0 Å². The van der Waals surface area contributed by atoms with E-state index < -0.39 is 0 Å². The standard InChI is InChI=1S/C19H26N6O3/c1-20-19(27)14-12-22-25-16(5-6-21-18(14)25)15-4-2-3-7-24(15)17(26)13-23-8-10-28-11-9-23/h5-6,12,15H,2-4,7-11,13H2,1H3,(H,20,27). The number of morpholine rings is 1. The van der Waals surface area contributed by atoms with Gasteiger partial charge < -0.3 is 15.0 Å². The summed E-state index contributed by atoms with van der Waals surface area (Å²) in [5.41, 5.74) is 1.85. The summed E-state index contributed by atoms with van der Waals surface area (Å²) < 4.78 is 7.08. The Hall–Kier alpha value is -2.52. The van der Waals surface area contributed by atoms with Crippen molar-refractivity contribution in [1.82, 2.24) is 29.7 Å². The van der Waals surface area contributed by atoms with Gasteiger partial charge in [0.05, 0.1) is 37.7 Å². The fourth-order valence-electron chi connectivity index (χ4n) is 4.04. The fourth-order valence-corrected chi connectivity index (χ4v) is 4.04. The van der Waals surface area contributed by atoms with E-state index in [4.69, 9.17) is 4.74 Å². The molecule has 2 aromatic heterocycles. The molecule has 2 fully saturated rings. The largest absolute Gasteiger partial charge is 0.379 e. The number of carbonyl (C=O) groups excluding carboxylic acids is 2. The number of fused-ring (bicyclic) bond motifs is 1. The minimum absolute atomic E-state index is 0.0646. The molecule has 2 aliphatic heterocycles. The average molecular weight is 386 g/mol. The lowest BCUT2D eigenvalue weighted by Gasteiger charge is -2.37. The fraction of sp³-hybridized carbons (Fsp3) is 0.579. The molecule has 4 rings (SSSR count). The molecule has 2 saturated heterocycles. The van der Waals surface area contributed by atoms with Gasteiger partial charge in [0, 0.05) is 32.9 Å². The van der Waals surface area contributed by atoms with E-state index in [2.05, 4.69) is 20.3 Å². The van der Waals surface area contributed by atoms with Crippen LogP contribution in [0.2, 0.25) is 0 Å². The number of carbonyl (C=O) groups is 2. The molecule has 28 heavy (non-hydrogen) atoms. The Morgan fingerprint density at radius 1 is 1.25 bits per heavy atom. The molecule has 0 aliphatic carbocycles. The highest BCUT2D eigenvalue weighted by Crippen LogP contribution is 2.31. The molecular formula is C19H26N6O3. The minimum atomic E-state index is -0.219. The normalized spacial score (nSPS) is 21.0. The van der Waals surface area contributed by atoms with Crippen molar-refractivity contribution in [2.24, 2.45) is 0 Å². The molecule has 0 aromatic carbocycles. The zero-order chi connectivity index (χ0) is 19.5. The number of rotatable bonds is 4. The quantitative estimate of drug-likeness (QED) is 0.822.